The Morgan fingerprint density at radius 2 is 2.50 bits per heavy atom. The highest BCUT2D eigenvalue weighted by Gasteiger charge is 2.06. The molecule has 2 N–H and O–H groups in total. The van der Waals surface area contributed by atoms with Gasteiger partial charge in [0.1, 0.15) is 0 Å². The maximum Gasteiger partial charge on any atom is 0.420 e. The van der Waals surface area contributed by atoms with Crippen LogP contribution in [-0.2, 0) is 0 Å². The standard InChI is InChI=1S/C5H7NO3S/c1-2-10-4-3(7)6-5(8)9-4/h7H,2H2,1H3,(H,6,8). The van der Waals surface area contributed by atoms with Crippen LogP contribution in [0.3, 0.4) is 0 Å². The van der Waals surface area contributed by atoms with Gasteiger partial charge in [-0.2, -0.15) is 0 Å². The Bertz CT molecular complexity index is 264. The Morgan fingerprint density at radius 1 is 1.80 bits per heavy atom. The number of thioether (sulfide) groups is 1. The summed E-state index contributed by atoms with van der Waals surface area (Å²) in [6, 6.07) is 0. The highest BCUT2D eigenvalue weighted by molar-refractivity contribution is 7.99. The van der Waals surface area contributed by atoms with Crippen molar-refractivity contribution in [1.82, 2.24) is 4.98 Å². The van der Waals surface area contributed by atoms with Crippen molar-refractivity contribution in [3.63, 3.8) is 0 Å². The van der Waals surface area contributed by atoms with E-state index in [9.17, 15) is 4.79 Å². The van der Waals surface area contributed by atoms with E-state index >= 15 is 0 Å². The normalized spacial score (nSPS) is 10.1. The van der Waals surface area contributed by atoms with Crippen LogP contribution in [0.15, 0.2) is 14.3 Å². The van der Waals surface area contributed by atoms with E-state index < -0.39 is 5.76 Å². The summed E-state index contributed by atoms with van der Waals surface area (Å²) in [5, 5.41) is 9.15. The van der Waals surface area contributed by atoms with Gasteiger partial charge in [0.25, 0.3) is 0 Å². The molecule has 1 aromatic rings. The molecule has 0 fully saturated rings. The fourth-order valence-corrected chi connectivity index (χ4v) is 1.12. The minimum Gasteiger partial charge on any atom is -0.491 e. The maximum atomic E-state index is 10.4. The second-order valence-corrected chi connectivity index (χ2v) is 2.82. The zero-order chi connectivity index (χ0) is 7.56. The zero-order valence-corrected chi connectivity index (χ0v) is 6.20. The molecule has 0 aliphatic heterocycles. The lowest BCUT2D eigenvalue weighted by molar-refractivity contribution is 0.390. The maximum absolute atomic E-state index is 10.4. The number of nitrogens with one attached hydrogen (secondary N) is 1. The molecule has 0 aliphatic carbocycles. The van der Waals surface area contributed by atoms with Gasteiger partial charge in [-0.25, -0.2) is 4.79 Å². The highest BCUT2D eigenvalue weighted by atomic mass is 32.2. The van der Waals surface area contributed by atoms with E-state index in [1.807, 2.05) is 6.92 Å². The smallest absolute Gasteiger partial charge is 0.420 e. The van der Waals surface area contributed by atoms with E-state index in [2.05, 4.69) is 9.40 Å². The number of hydrogen-bond acceptors (Lipinski definition) is 4. The second-order valence-electron chi connectivity index (χ2n) is 1.58. The van der Waals surface area contributed by atoms with Gasteiger partial charge in [-0.05, 0) is 5.75 Å². The van der Waals surface area contributed by atoms with Gasteiger partial charge in [-0.15, -0.1) is 0 Å². The van der Waals surface area contributed by atoms with Crippen molar-refractivity contribution in [2.75, 3.05) is 5.75 Å². The summed E-state index contributed by atoms with van der Waals surface area (Å²) >= 11 is 1.27. The molecular formula is C5H7NO3S. The number of H-pyrrole nitrogens is 1. The van der Waals surface area contributed by atoms with Crippen molar-refractivity contribution in [2.24, 2.45) is 0 Å². The van der Waals surface area contributed by atoms with Crippen molar-refractivity contribution in [2.45, 2.75) is 12.0 Å². The van der Waals surface area contributed by atoms with E-state index in [1.54, 1.807) is 0 Å². The van der Waals surface area contributed by atoms with E-state index in [4.69, 9.17) is 5.11 Å². The molecule has 0 aliphatic rings. The van der Waals surface area contributed by atoms with Crippen molar-refractivity contribution in [3.8, 4) is 5.88 Å². The van der Waals surface area contributed by atoms with Crippen molar-refractivity contribution >= 4 is 11.8 Å². The first-order valence-corrected chi connectivity index (χ1v) is 3.77. The van der Waals surface area contributed by atoms with Gasteiger partial charge in [-0.3, -0.25) is 4.98 Å². The van der Waals surface area contributed by atoms with E-state index in [-0.39, 0.29) is 11.0 Å². The first-order valence-electron chi connectivity index (χ1n) is 2.79. The van der Waals surface area contributed by atoms with Crippen LogP contribution in [0.1, 0.15) is 6.92 Å². The minimum atomic E-state index is -0.617. The SMILES string of the molecule is CCSc1oc(=O)[nH]c1O. The number of rotatable bonds is 2. The lowest BCUT2D eigenvalue weighted by Gasteiger charge is -1.88. The summed E-state index contributed by atoms with van der Waals surface area (Å²) in [6.07, 6.45) is 0. The molecule has 10 heavy (non-hydrogen) atoms. The summed E-state index contributed by atoms with van der Waals surface area (Å²) in [7, 11) is 0. The molecule has 0 spiro atoms. The quantitative estimate of drug-likeness (QED) is 0.629. The second kappa shape index (κ2) is 2.83. The fraction of sp³-hybridized carbons (Fsp3) is 0.400. The van der Waals surface area contributed by atoms with Crippen LogP contribution in [0, 0.1) is 0 Å². The molecular weight excluding hydrogens is 154 g/mol. The number of aromatic nitrogens is 1. The van der Waals surface area contributed by atoms with Gasteiger partial charge in [-0.1, -0.05) is 18.7 Å². The summed E-state index contributed by atoms with van der Waals surface area (Å²) in [5.41, 5.74) is 0. The van der Waals surface area contributed by atoms with Crippen LogP contribution in [0.2, 0.25) is 0 Å². The van der Waals surface area contributed by atoms with Crippen molar-refractivity contribution in [3.05, 3.63) is 10.6 Å². The summed E-state index contributed by atoms with van der Waals surface area (Å²) in [6.45, 7) is 1.90. The van der Waals surface area contributed by atoms with Gasteiger partial charge in [0.15, 0.2) is 0 Å². The van der Waals surface area contributed by atoms with Gasteiger partial charge in [0, 0.05) is 0 Å². The van der Waals surface area contributed by atoms with Crippen LogP contribution in [-0.4, -0.2) is 15.8 Å². The lowest BCUT2D eigenvalue weighted by atomic mass is 10.9. The molecule has 0 unspecified atom stereocenters. The van der Waals surface area contributed by atoms with Crippen molar-refractivity contribution < 1.29 is 9.52 Å². The first-order chi connectivity index (χ1) is 4.74. The van der Waals surface area contributed by atoms with E-state index in [0.717, 1.165) is 5.75 Å². The molecule has 0 saturated carbocycles. The largest absolute Gasteiger partial charge is 0.491 e. The molecule has 5 heteroatoms. The average molecular weight is 161 g/mol. The molecule has 0 saturated heterocycles. The minimum absolute atomic E-state index is 0.183. The lowest BCUT2D eigenvalue weighted by Crippen LogP contribution is -1.92. The number of aromatic amines is 1. The molecule has 0 amide bonds. The summed E-state index contributed by atoms with van der Waals surface area (Å²) < 4.78 is 4.56. The van der Waals surface area contributed by atoms with Gasteiger partial charge < -0.3 is 9.52 Å². The zero-order valence-electron chi connectivity index (χ0n) is 5.38. The predicted octanol–water partition coefficient (Wildman–Crippen LogP) is 0.785. The molecule has 0 aromatic carbocycles. The molecule has 1 heterocycles. The number of aromatic hydroxyl groups is 1. The van der Waals surface area contributed by atoms with Crippen LogP contribution >= 0.6 is 11.8 Å². The van der Waals surface area contributed by atoms with Gasteiger partial charge in [0.05, 0.1) is 0 Å². The van der Waals surface area contributed by atoms with Gasteiger partial charge >= 0.3 is 5.76 Å². The summed E-state index contributed by atoms with van der Waals surface area (Å²) in [5.74, 6) is -0.0424. The Morgan fingerprint density at radius 3 is 2.90 bits per heavy atom. The third-order valence-electron chi connectivity index (χ3n) is 0.875. The highest BCUT2D eigenvalue weighted by Crippen LogP contribution is 2.23. The Balaban J connectivity index is 2.92. The Kier molecular flexibility index (Phi) is 2.06. The third kappa shape index (κ3) is 1.36. The van der Waals surface area contributed by atoms with Crippen LogP contribution in [0.4, 0.5) is 0 Å². The van der Waals surface area contributed by atoms with Crippen LogP contribution in [0.5, 0.6) is 5.88 Å². The Hall–Kier alpha value is -0.840. The molecule has 0 radical (unpaired) electrons. The summed E-state index contributed by atoms with van der Waals surface area (Å²) in [4.78, 5) is 12.5. The average Bonchev–Trinajstić information content (AvgIpc) is 2.13. The third-order valence-corrected chi connectivity index (χ3v) is 1.70. The van der Waals surface area contributed by atoms with E-state index in [1.165, 1.54) is 11.8 Å². The molecule has 56 valence electrons. The molecule has 4 nitrogen and oxygen atoms in total. The van der Waals surface area contributed by atoms with Crippen molar-refractivity contribution in [1.29, 1.82) is 0 Å². The molecule has 1 rings (SSSR count). The molecule has 0 atom stereocenters. The van der Waals surface area contributed by atoms with Gasteiger partial charge in [0.2, 0.25) is 11.0 Å². The Labute approximate surface area is 61.3 Å². The molecule has 1 aromatic heterocycles. The monoisotopic (exact) mass is 161 g/mol. The number of oxazole rings is 1. The predicted molar refractivity (Wildman–Crippen MR) is 37.4 cm³/mol. The molecule has 0 bridgehead atoms. The first kappa shape index (κ1) is 7.27. The van der Waals surface area contributed by atoms with Crippen LogP contribution in [0.25, 0.3) is 0 Å². The number of hydrogen-bond donors (Lipinski definition) is 2. The fourth-order valence-electron chi connectivity index (χ4n) is 0.535. The topological polar surface area (TPSA) is 66.2 Å². The van der Waals surface area contributed by atoms with Crippen LogP contribution < -0.4 is 5.76 Å². The van der Waals surface area contributed by atoms with E-state index in [0.29, 0.717) is 0 Å².